The van der Waals surface area contributed by atoms with Gasteiger partial charge in [-0.1, -0.05) is 25.3 Å². The van der Waals surface area contributed by atoms with Crippen molar-refractivity contribution >= 4 is 27.9 Å². The minimum absolute atomic E-state index is 0.497. The summed E-state index contributed by atoms with van der Waals surface area (Å²) in [5.74, 6) is 3.24. The second-order valence-electron chi connectivity index (χ2n) is 9.55. The van der Waals surface area contributed by atoms with Gasteiger partial charge in [0.05, 0.1) is 0 Å². The highest BCUT2D eigenvalue weighted by Gasteiger charge is 2.30. The molecule has 1 aliphatic carbocycles. The zero-order chi connectivity index (χ0) is 20.9. The van der Waals surface area contributed by atoms with Gasteiger partial charge in [0.15, 0.2) is 5.65 Å². The van der Waals surface area contributed by atoms with E-state index in [1.807, 2.05) is 13.0 Å². The molecule has 4 heterocycles. The number of nitrogens with two attached hydrogens (primary N) is 1. The van der Waals surface area contributed by atoms with Crippen LogP contribution < -0.4 is 5.73 Å². The van der Waals surface area contributed by atoms with Crippen LogP contribution in [0.15, 0.2) is 30.3 Å². The highest BCUT2D eigenvalue weighted by molar-refractivity contribution is 5.95. The second kappa shape index (κ2) is 7.38. The third-order valence-corrected chi connectivity index (χ3v) is 7.35. The average molecular weight is 415 g/mol. The molecule has 4 aromatic rings. The van der Waals surface area contributed by atoms with Crippen LogP contribution in [-0.4, -0.2) is 37.9 Å². The number of rotatable bonds is 3. The molecular weight excluding hydrogens is 384 g/mol. The highest BCUT2D eigenvalue weighted by atomic mass is 15.1. The molecule has 0 spiro atoms. The Morgan fingerprint density at radius 1 is 1.03 bits per heavy atom. The van der Waals surface area contributed by atoms with E-state index in [-0.39, 0.29) is 0 Å². The van der Waals surface area contributed by atoms with Gasteiger partial charge in [-0.25, -0.2) is 9.97 Å². The fraction of sp³-hybridized carbons (Fsp3) is 0.440. The van der Waals surface area contributed by atoms with Gasteiger partial charge < -0.3 is 15.7 Å². The van der Waals surface area contributed by atoms with Crippen LogP contribution in [0.2, 0.25) is 0 Å². The van der Waals surface area contributed by atoms with E-state index in [2.05, 4.69) is 49.1 Å². The van der Waals surface area contributed by atoms with E-state index < -0.39 is 0 Å². The van der Waals surface area contributed by atoms with Crippen LogP contribution in [0, 0.1) is 18.8 Å². The largest absolute Gasteiger partial charge is 0.384 e. The van der Waals surface area contributed by atoms with Crippen molar-refractivity contribution < 1.29 is 0 Å². The van der Waals surface area contributed by atoms with Crippen molar-refractivity contribution in [3.63, 3.8) is 0 Å². The van der Waals surface area contributed by atoms with E-state index in [1.165, 1.54) is 56.1 Å². The molecule has 2 atom stereocenters. The number of hydrogen-bond donors (Lipinski definition) is 3. The summed E-state index contributed by atoms with van der Waals surface area (Å²) in [5, 5.41) is 1.23. The number of imidazole rings is 1. The van der Waals surface area contributed by atoms with Gasteiger partial charge in [0.25, 0.3) is 0 Å². The number of hydrogen-bond acceptors (Lipinski definition) is 4. The van der Waals surface area contributed by atoms with Gasteiger partial charge >= 0.3 is 0 Å². The first-order chi connectivity index (χ1) is 15.1. The first-order valence-electron chi connectivity index (χ1n) is 11.6. The number of fused-ring (bicyclic) bond motifs is 3. The molecule has 6 rings (SSSR count). The predicted molar refractivity (Wildman–Crippen MR) is 126 cm³/mol. The van der Waals surface area contributed by atoms with Crippen LogP contribution >= 0.6 is 0 Å². The fourth-order valence-electron chi connectivity index (χ4n) is 5.83. The molecule has 1 saturated heterocycles. The van der Waals surface area contributed by atoms with Gasteiger partial charge in [-0.15, -0.1) is 0 Å². The van der Waals surface area contributed by atoms with Gasteiger partial charge in [0.2, 0.25) is 0 Å². The van der Waals surface area contributed by atoms with Gasteiger partial charge in [0.1, 0.15) is 17.2 Å². The van der Waals surface area contributed by atoms with Crippen LogP contribution in [0.5, 0.6) is 0 Å². The molecule has 31 heavy (non-hydrogen) atoms. The van der Waals surface area contributed by atoms with Crippen LogP contribution in [0.25, 0.3) is 33.3 Å². The predicted octanol–water partition coefficient (Wildman–Crippen LogP) is 5.01. The molecule has 1 aromatic carbocycles. The number of aryl methyl sites for hydroxylation is 1. The Morgan fingerprint density at radius 2 is 1.90 bits per heavy atom. The summed E-state index contributed by atoms with van der Waals surface area (Å²) in [6.07, 6.45) is 7.14. The zero-order valence-electron chi connectivity index (χ0n) is 18.1. The van der Waals surface area contributed by atoms with E-state index in [4.69, 9.17) is 5.73 Å². The number of benzene rings is 1. The third-order valence-electron chi connectivity index (χ3n) is 7.35. The van der Waals surface area contributed by atoms with Crippen molar-refractivity contribution in [3.05, 3.63) is 41.7 Å². The second-order valence-corrected chi connectivity index (χ2v) is 9.55. The van der Waals surface area contributed by atoms with Crippen molar-refractivity contribution in [2.75, 3.05) is 18.8 Å². The fourth-order valence-corrected chi connectivity index (χ4v) is 5.83. The summed E-state index contributed by atoms with van der Waals surface area (Å²) in [7, 11) is 0. The number of H-pyrrole nitrogens is 2. The number of anilines is 1. The van der Waals surface area contributed by atoms with Gasteiger partial charge in [0, 0.05) is 35.2 Å². The Morgan fingerprint density at radius 3 is 2.81 bits per heavy atom. The number of likely N-dealkylation sites (tertiary alicyclic amines) is 1. The lowest BCUT2D eigenvalue weighted by molar-refractivity contribution is 0.0821. The van der Waals surface area contributed by atoms with Crippen LogP contribution in [0.3, 0.4) is 0 Å². The molecule has 1 saturated carbocycles. The first kappa shape index (κ1) is 18.9. The van der Waals surface area contributed by atoms with Gasteiger partial charge in [-0.2, -0.15) is 0 Å². The minimum atomic E-state index is 0.497. The lowest BCUT2D eigenvalue weighted by Gasteiger charge is -2.41. The van der Waals surface area contributed by atoms with Gasteiger partial charge in [-0.3, -0.25) is 4.90 Å². The number of aromatic nitrogens is 4. The van der Waals surface area contributed by atoms with Crippen molar-refractivity contribution in [2.45, 2.75) is 45.6 Å². The molecule has 2 aliphatic rings. The van der Waals surface area contributed by atoms with E-state index in [0.29, 0.717) is 5.82 Å². The Labute approximate surface area is 182 Å². The molecule has 3 aromatic heterocycles. The minimum Gasteiger partial charge on any atom is -0.384 e. The number of nitrogens with one attached hydrogen (secondary N) is 2. The maximum absolute atomic E-state index is 6.06. The van der Waals surface area contributed by atoms with Crippen molar-refractivity contribution in [1.29, 1.82) is 0 Å². The highest BCUT2D eigenvalue weighted by Crippen LogP contribution is 2.37. The SMILES string of the molecule is Cc1nc2c(-c3cc4cc(CN5CC[C@@H]6CCCC[C@H]6C5)ccc4[nH]3)cc(N)nc2[nH]1. The Bertz CT molecular complexity index is 1250. The van der Waals surface area contributed by atoms with Crippen molar-refractivity contribution in [1.82, 2.24) is 24.8 Å². The number of nitrogens with zero attached hydrogens (tertiary/aromatic N) is 3. The number of piperidine rings is 1. The first-order valence-corrected chi connectivity index (χ1v) is 11.6. The molecule has 0 amide bonds. The van der Waals surface area contributed by atoms with E-state index in [1.54, 1.807) is 0 Å². The van der Waals surface area contributed by atoms with E-state index in [0.717, 1.165) is 52.1 Å². The summed E-state index contributed by atoms with van der Waals surface area (Å²) in [6.45, 7) is 5.50. The Hall–Kier alpha value is -2.86. The molecule has 160 valence electrons. The molecule has 6 nitrogen and oxygen atoms in total. The third kappa shape index (κ3) is 3.49. The average Bonchev–Trinajstić information content (AvgIpc) is 3.35. The van der Waals surface area contributed by atoms with E-state index in [9.17, 15) is 0 Å². The summed E-state index contributed by atoms with van der Waals surface area (Å²) in [5.41, 5.74) is 12.2. The summed E-state index contributed by atoms with van der Waals surface area (Å²) in [6, 6.07) is 10.9. The molecule has 6 heteroatoms. The lowest BCUT2D eigenvalue weighted by Crippen LogP contribution is -2.41. The normalized spacial score (nSPS) is 22.2. The molecule has 1 aliphatic heterocycles. The maximum atomic E-state index is 6.06. The van der Waals surface area contributed by atoms with Crippen LogP contribution in [0.4, 0.5) is 5.82 Å². The standard InChI is InChI=1S/C25H30N6/c1-15-27-24-20(12-23(26)30-25(24)28-15)22-11-19-10-16(6-7-21(19)29-22)13-31-9-8-17-4-2-3-5-18(17)14-31/h6-7,10-12,17-18,29H,2-5,8-9,13-14H2,1H3,(H3,26,27,28,30)/t17-,18-/m0/s1. The molecule has 0 bridgehead atoms. The molecule has 2 fully saturated rings. The number of aromatic amines is 2. The zero-order valence-corrected chi connectivity index (χ0v) is 18.1. The summed E-state index contributed by atoms with van der Waals surface area (Å²) in [4.78, 5) is 18.4. The maximum Gasteiger partial charge on any atom is 0.160 e. The Balaban J connectivity index is 1.28. The lowest BCUT2D eigenvalue weighted by atomic mass is 9.75. The molecular formula is C25H30N6. The van der Waals surface area contributed by atoms with Crippen LogP contribution in [-0.2, 0) is 6.54 Å². The summed E-state index contributed by atoms with van der Waals surface area (Å²) >= 11 is 0. The quantitative estimate of drug-likeness (QED) is 0.440. The topological polar surface area (TPSA) is 86.6 Å². The van der Waals surface area contributed by atoms with Crippen molar-refractivity contribution in [3.8, 4) is 11.3 Å². The smallest absolute Gasteiger partial charge is 0.160 e. The van der Waals surface area contributed by atoms with Gasteiger partial charge in [-0.05, 0) is 68.0 Å². The van der Waals surface area contributed by atoms with E-state index >= 15 is 0 Å². The van der Waals surface area contributed by atoms with Crippen molar-refractivity contribution in [2.24, 2.45) is 11.8 Å². The number of pyridine rings is 1. The summed E-state index contributed by atoms with van der Waals surface area (Å²) < 4.78 is 0. The monoisotopic (exact) mass is 414 g/mol. The Kier molecular flexibility index (Phi) is 4.49. The molecule has 4 N–H and O–H groups in total. The molecule has 0 unspecified atom stereocenters. The number of nitrogen functional groups attached to an aromatic ring is 1. The molecule has 0 radical (unpaired) electrons. The van der Waals surface area contributed by atoms with Crippen LogP contribution in [0.1, 0.15) is 43.5 Å².